The number of piperazine rings is 1. The van der Waals surface area contributed by atoms with Gasteiger partial charge in [-0.25, -0.2) is 0 Å². The fraction of sp³-hybridized carbons (Fsp3) is 0.308. The third-order valence-electron chi connectivity index (χ3n) is 9.17. The summed E-state index contributed by atoms with van der Waals surface area (Å²) in [7, 11) is 0. The molecule has 0 spiro atoms. The van der Waals surface area contributed by atoms with Gasteiger partial charge >= 0.3 is 0 Å². The topological polar surface area (TPSA) is 69.7 Å². The number of nitrogens with one attached hydrogen (secondary N) is 1. The van der Waals surface area contributed by atoms with Crippen LogP contribution in [0.3, 0.4) is 0 Å². The predicted octanol–water partition coefficient (Wildman–Crippen LogP) is 6.67. The Balaban J connectivity index is 1.57. The number of likely N-dealkylation sites (tertiary alicyclic amines) is 1. The minimum absolute atomic E-state index is 0.0518. The first-order valence-electron chi connectivity index (χ1n) is 16.0. The summed E-state index contributed by atoms with van der Waals surface area (Å²) in [6.07, 6.45) is 3.94. The largest absolute Gasteiger partial charge is 0.338 e. The standard InChI is InChI=1S/C39H41N3O3S/c1-39(2,3)30-19-17-28(18-20-30)33-34(36(43)32-15-10-26-46-32)31(21-16-27-11-6-4-7-12-27)42(37(44)29-13-8-5-9-14-29)35(33)38(45)41-24-22-40-23-25-41/h4-21,26,31,33-35,40H,22-25H2,1-3H3. The molecule has 3 heterocycles. The van der Waals surface area contributed by atoms with Crippen LogP contribution in [-0.4, -0.2) is 65.7 Å². The Labute approximate surface area is 275 Å². The van der Waals surface area contributed by atoms with E-state index in [4.69, 9.17) is 0 Å². The Hall–Kier alpha value is -4.33. The second kappa shape index (κ2) is 13.6. The molecular formula is C39H41N3O3S. The van der Waals surface area contributed by atoms with Crippen LogP contribution in [-0.2, 0) is 10.2 Å². The molecule has 2 aliphatic heterocycles. The Morgan fingerprint density at radius 2 is 1.48 bits per heavy atom. The van der Waals surface area contributed by atoms with Crippen LogP contribution in [0.1, 0.15) is 63.4 Å². The fourth-order valence-corrected chi connectivity index (χ4v) is 7.47. The summed E-state index contributed by atoms with van der Waals surface area (Å²) in [6.45, 7) is 8.97. The van der Waals surface area contributed by atoms with Gasteiger partial charge in [0.1, 0.15) is 6.04 Å². The quantitative estimate of drug-likeness (QED) is 0.232. The molecule has 3 aromatic carbocycles. The molecule has 6 nitrogen and oxygen atoms in total. The number of benzene rings is 3. The first-order valence-corrected chi connectivity index (χ1v) is 16.9. The number of thiophene rings is 1. The van der Waals surface area contributed by atoms with Gasteiger partial charge in [0, 0.05) is 37.7 Å². The zero-order valence-electron chi connectivity index (χ0n) is 26.6. The van der Waals surface area contributed by atoms with E-state index < -0.39 is 23.9 Å². The molecule has 7 heteroatoms. The molecule has 2 saturated heterocycles. The number of ketones is 1. The Bertz CT molecular complexity index is 1670. The average molecular weight is 632 g/mol. The highest BCUT2D eigenvalue weighted by Gasteiger charge is 2.57. The molecule has 0 aliphatic carbocycles. The van der Waals surface area contributed by atoms with Gasteiger partial charge in [-0.2, -0.15) is 0 Å². The van der Waals surface area contributed by atoms with E-state index in [0.29, 0.717) is 36.6 Å². The van der Waals surface area contributed by atoms with Crippen molar-refractivity contribution >= 4 is 35.0 Å². The zero-order chi connectivity index (χ0) is 32.3. The molecule has 2 fully saturated rings. The van der Waals surface area contributed by atoms with Crippen LogP contribution < -0.4 is 5.32 Å². The van der Waals surface area contributed by atoms with Gasteiger partial charge < -0.3 is 15.1 Å². The highest BCUT2D eigenvalue weighted by Crippen LogP contribution is 2.47. The van der Waals surface area contributed by atoms with Gasteiger partial charge in [-0.3, -0.25) is 14.4 Å². The van der Waals surface area contributed by atoms with Gasteiger partial charge in [0.25, 0.3) is 5.91 Å². The van der Waals surface area contributed by atoms with Crippen molar-refractivity contribution in [3.05, 3.63) is 136 Å². The highest BCUT2D eigenvalue weighted by atomic mass is 32.1. The number of rotatable bonds is 7. The average Bonchev–Trinajstić information content (AvgIpc) is 3.75. The summed E-state index contributed by atoms with van der Waals surface area (Å²) in [5, 5.41) is 5.24. The third-order valence-corrected chi connectivity index (χ3v) is 10.1. The molecular weight excluding hydrogens is 591 g/mol. The number of hydrogen-bond acceptors (Lipinski definition) is 5. The maximum absolute atomic E-state index is 14.8. The van der Waals surface area contributed by atoms with E-state index in [2.05, 4.69) is 50.4 Å². The molecule has 4 aromatic rings. The highest BCUT2D eigenvalue weighted by molar-refractivity contribution is 7.12. The minimum Gasteiger partial charge on any atom is -0.338 e. The smallest absolute Gasteiger partial charge is 0.255 e. The lowest BCUT2D eigenvalue weighted by Gasteiger charge is -2.36. The van der Waals surface area contributed by atoms with E-state index in [0.717, 1.165) is 16.7 Å². The van der Waals surface area contributed by atoms with E-state index in [1.165, 1.54) is 11.3 Å². The zero-order valence-corrected chi connectivity index (χ0v) is 27.5. The van der Waals surface area contributed by atoms with Gasteiger partial charge in [-0.05, 0) is 45.7 Å². The van der Waals surface area contributed by atoms with Crippen LogP contribution in [0.15, 0.2) is 109 Å². The van der Waals surface area contributed by atoms with Crippen LogP contribution in [0.2, 0.25) is 0 Å². The summed E-state index contributed by atoms with van der Waals surface area (Å²) in [4.78, 5) is 48.4. The maximum Gasteiger partial charge on any atom is 0.255 e. The van der Waals surface area contributed by atoms with Crippen molar-refractivity contribution < 1.29 is 14.4 Å². The molecule has 2 aliphatic rings. The number of Topliss-reactive ketones (excluding diaryl/α,β-unsaturated/α-hetero) is 1. The molecule has 6 rings (SSSR count). The molecule has 2 amide bonds. The lowest BCUT2D eigenvalue weighted by Crippen LogP contribution is -2.55. The third kappa shape index (κ3) is 6.48. The summed E-state index contributed by atoms with van der Waals surface area (Å²) >= 11 is 1.40. The van der Waals surface area contributed by atoms with E-state index >= 15 is 0 Å². The molecule has 0 bridgehead atoms. The molecule has 0 saturated carbocycles. The summed E-state index contributed by atoms with van der Waals surface area (Å²) in [6, 6.07) is 29.5. The van der Waals surface area contributed by atoms with E-state index in [9.17, 15) is 14.4 Å². The van der Waals surface area contributed by atoms with Crippen molar-refractivity contribution in [1.82, 2.24) is 15.1 Å². The van der Waals surface area contributed by atoms with Gasteiger partial charge in [0.2, 0.25) is 5.91 Å². The number of amides is 2. The van der Waals surface area contributed by atoms with Crippen LogP contribution in [0.5, 0.6) is 0 Å². The van der Waals surface area contributed by atoms with Crippen LogP contribution >= 0.6 is 11.3 Å². The predicted molar refractivity (Wildman–Crippen MR) is 185 cm³/mol. The van der Waals surface area contributed by atoms with Gasteiger partial charge in [0.05, 0.1) is 16.8 Å². The van der Waals surface area contributed by atoms with Crippen LogP contribution in [0.25, 0.3) is 6.08 Å². The van der Waals surface area contributed by atoms with Crippen molar-refractivity contribution in [2.24, 2.45) is 5.92 Å². The van der Waals surface area contributed by atoms with E-state index in [1.54, 1.807) is 17.0 Å². The summed E-state index contributed by atoms with van der Waals surface area (Å²) in [5.41, 5.74) is 3.44. The van der Waals surface area contributed by atoms with Gasteiger partial charge in [-0.1, -0.05) is 112 Å². The first kappa shape index (κ1) is 31.6. The second-order valence-electron chi connectivity index (χ2n) is 13.1. The van der Waals surface area contributed by atoms with Crippen molar-refractivity contribution in [3.63, 3.8) is 0 Å². The Morgan fingerprint density at radius 1 is 0.826 bits per heavy atom. The fourth-order valence-electron chi connectivity index (χ4n) is 6.76. The van der Waals surface area contributed by atoms with Crippen molar-refractivity contribution in [3.8, 4) is 0 Å². The van der Waals surface area contributed by atoms with Crippen molar-refractivity contribution in [2.45, 2.75) is 44.2 Å². The van der Waals surface area contributed by atoms with E-state index in [-0.39, 0.29) is 23.0 Å². The first-order chi connectivity index (χ1) is 22.2. The molecule has 4 unspecified atom stereocenters. The molecule has 236 valence electrons. The molecule has 0 radical (unpaired) electrons. The van der Waals surface area contributed by atoms with Crippen LogP contribution in [0.4, 0.5) is 0 Å². The van der Waals surface area contributed by atoms with Crippen molar-refractivity contribution in [1.29, 1.82) is 0 Å². The van der Waals surface area contributed by atoms with E-state index in [1.807, 2.05) is 83.1 Å². The van der Waals surface area contributed by atoms with Crippen LogP contribution in [0, 0.1) is 5.92 Å². The van der Waals surface area contributed by atoms with Gasteiger partial charge in [-0.15, -0.1) is 11.3 Å². The second-order valence-corrected chi connectivity index (χ2v) is 14.1. The summed E-state index contributed by atoms with van der Waals surface area (Å²) in [5.74, 6) is -1.65. The number of hydrogen-bond donors (Lipinski definition) is 1. The summed E-state index contributed by atoms with van der Waals surface area (Å²) < 4.78 is 0. The van der Waals surface area contributed by atoms with Gasteiger partial charge in [0.15, 0.2) is 5.78 Å². The molecule has 46 heavy (non-hydrogen) atoms. The number of nitrogens with zero attached hydrogens (tertiary/aromatic N) is 2. The van der Waals surface area contributed by atoms with Crippen molar-refractivity contribution in [2.75, 3.05) is 26.2 Å². The molecule has 4 atom stereocenters. The SMILES string of the molecule is CC(C)(C)c1ccc(C2C(C(=O)c3cccs3)C(C=Cc3ccccc3)N(C(=O)c3ccccc3)C2C(=O)N2CCNCC2)cc1. The molecule has 1 aromatic heterocycles. The lowest BCUT2D eigenvalue weighted by molar-refractivity contribution is -0.136. The maximum atomic E-state index is 14.8. The minimum atomic E-state index is -0.870. The normalized spacial score (nSPS) is 21.9. The number of carbonyl (C=O) groups is 3. The lowest BCUT2D eigenvalue weighted by atomic mass is 9.77. The Morgan fingerprint density at radius 3 is 2.09 bits per heavy atom. The molecule has 1 N–H and O–H groups in total. The monoisotopic (exact) mass is 631 g/mol. The number of carbonyl (C=O) groups excluding carboxylic acids is 3. The Kier molecular flexibility index (Phi) is 9.34.